The third-order valence-electron chi connectivity index (χ3n) is 3.60. The van der Waals surface area contributed by atoms with Gasteiger partial charge >= 0.3 is 0 Å². The summed E-state index contributed by atoms with van der Waals surface area (Å²) in [5.41, 5.74) is 5.80. The minimum atomic E-state index is 0.425. The predicted octanol–water partition coefficient (Wildman–Crippen LogP) is 4.89. The minimum absolute atomic E-state index is 0.425. The van der Waals surface area contributed by atoms with Crippen molar-refractivity contribution in [1.29, 1.82) is 0 Å². The average Bonchev–Trinajstić information content (AvgIpc) is 2.67. The topological polar surface area (TPSA) is 54.9 Å². The predicted molar refractivity (Wildman–Crippen MR) is 116 cm³/mol. The normalized spacial score (nSPS) is 10.6. The third-order valence-corrected chi connectivity index (χ3v) is 3.79. The molecule has 0 aliphatic carbocycles. The van der Waals surface area contributed by atoms with Crippen molar-refractivity contribution in [2.75, 3.05) is 18.5 Å². The lowest BCUT2D eigenvalue weighted by atomic mass is 10.2. The largest absolute Gasteiger partial charge is 0.493 e. The van der Waals surface area contributed by atoms with Crippen LogP contribution < -0.4 is 20.2 Å². The van der Waals surface area contributed by atoms with Crippen LogP contribution in [-0.4, -0.2) is 24.5 Å². The van der Waals surface area contributed by atoms with Crippen LogP contribution in [0.15, 0.2) is 47.6 Å². The third kappa shape index (κ3) is 7.27. The van der Waals surface area contributed by atoms with Crippen LogP contribution in [0.4, 0.5) is 5.69 Å². The molecular formula is C21H27N3O2S. The van der Waals surface area contributed by atoms with Crippen molar-refractivity contribution in [2.24, 2.45) is 5.10 Å². The molecule has 0 unspecified atom stereocenters. The van der Waals surface area contributed by atoms with Gasteiger partial charge in [0.15, 0.2) is 5.11 Å². The summed E-state index contributed by atoms with van der Waals surface area (Å²) in [5.74, 6) is 1.54. The van der Waals surface area contributed by atoms with E-state index in [1.54, 1.807) is 6.21 Å². The van der Waals surface area contributed by atoms with Gasteiger partial charge in [0.05, 0.1) is 19.4 Å². The molecule has 6 heteroatoms. The first-order valence-corrected chi connectivity index (χ1v) is 9.59. The van der Waals surface area contributed by atoms with E-state index < -0.39 is 0 Å². The smallest absolute Gasteiger partial charge is 0.191 e. The summed E-state index contributed by atoms with van der Waals surface area (Å²) in [5, 5.41) is 7.73. The lowest BCUT2D eigenvalue weighted by Crippen LogP contribution is -2.23. The molecule has 0 heterocycles. The van der Waals surface area contributed by atoms with E-state index in [-0.39, 0.29) is 0 Å². The van der Waals surface area contributed by atoms with Crippen molar-refractivity contribution in [2.45, 2.75) is 33.6 Å². The van der Waals surface area contributed by atoms with Crippen molar-refractivity contribution in [1.82, 2.24) is 5.43 Å². The molecule has 0 spiro atoms. The minimum Gasteiger partial charge on any atom is -0.493 e. The summed E-state index contributed by atoms with van der Waals surface area (Å²) in [4.78, 5) is 0. The maximum Gasteiger partial charge on any atom is 0.191 e. The second kappa shape index (κ2) is 11.2. The number of benzene rings is 2. The lowest BCUT2D eigenvalue weighted by molar-refractivity contribution is 0.301. The van der Waals surface area contributed by atoms with E-state index in [1.165, 1.54) is 5.56 Å². The summed E-state index contributed by atoms with van der Waals surface area (Å²) in [6.07, 6.45) is 3.58. The Hall–Kier alpha value is -2.60. The number of hydrazone groups is 1. The number of ether oxygens (including phenoxy) is 2. The fraction of sp³-hybridized carbons (Fsp3) is 0.333. The van der Waals surface area contributed by atoms with Gasteiger partial charge in [-0.1, -0.05) is 31.5 Å². The first-order valence-electron chi connectivity index (χ1n) is 9.18. The number of anilines is 1. The Morgan fingerprint density at radius 3 is 2.44 bits per heavy atom. The Balaban J connectivity index is 1.98. The first kappa shape index (κ1) is 20.7. The van der Waals surface area contributed by atoms with Crippen LogP contribution in [0.5, 0.6) is 11.5 Å². The first-order chi connectivity index (χ1) is 13.1. The molecule has 0 amide bonds. The zero-order valence-corrected chi connectivity index (χ0v) is 16.9. The average molecular weight is 386 g/mol. The molecule has 0 fully saturated rings. The zero-order chi connectivity index (χ0) is 19.5. The van der Waals surface area contributed by atoms with Crippen molar-refractivity contribution in [3.63, 3.8) is 0 Å². The number of hydrogen-bond donors (Lipinski definition) is 2. The fourth-order valence-corrected chi connectivity index (χ4v) is 2.40. The van der Waals surface area contributed by atoms with E-state index in [4.69, 9.17) is 21.7 Å². The van der Waals surface area contributed by atoms with E-state index in [2.05, 4.69) is 29.7 Å². The molecule has 144 valence electrons. The van der Waals surface area contributed by atoms with Crippen molar-refractivity contribution in [3.8, 4) is 11.5 Å². The van der Waals surface area contributed by atoms with Crippen LogP contribution in [-0.2, 0) is 0 Å². The van der Waals surface area contributed by atoms with Crippen LogP contribution >= 0.6 is 12.2 Å². The van der Waals surface area contributed by atoms with E-state index >= 15 is 0 Å². The summed E-state index contributed by atoms with van der Waals surface area (Å²) in [7, 11) is 0. The molecule has 2 aromatic rings. The second-order valence-electron chi connectivity index (χ2n) is 6.09. The van der Waals surface area contributed by atoms with Crippen LogP contribution in [0, 0.1) is 6.92 Å². The van der Waals surface area contributed by atoms with E-state index in [9.17, 15) is 0 Å². The van der Waals surface area contributed by atoms with Gasteiger partial charge in [-0.15, -0.1) is 0 Å². The van der Waals surface area contributed by atoms with Gasteiger partial charge in [-0.3, -0.25) is 5.43 Å². The van der Waals surface area contributed by atoms with Crippen LogP contribution in [0.1, 0.15) is 37.8 Å². The highest BCUT2D eigenvalue weighted by molar-refractivity contribution is 7.80. The summed E-state index contributed by atoms with van der Waals surface area (Å²) < 4.78 is 11.5. The van der Waals surface area contributed by atoms with E-state index in [0.29, 0.717) is 18.3 Å². The molecule has 0 radical (unpaired) electrons. The van der Waals surface area contributed by atoms with Gasteiger partial charge in [-0.2, -0.15) is 5.10 Å². The molecule has 0 aliphatic rings. The molecule has 0 atom stereocenters. The number of nitrogens with zero attached hydrogens (tertiary/aromatic N) is 1. The van der Waals surface area contributed by atoms with Gasteiger partial charge in [0, 0.05) is 17.3 Å². The maximum absolute atomic E-state index is 5.82. The Kier molecular flexibility index (Phi) is 8.58. The molecule has 2 N–H and O–H groups in total. The molecule has 27 heavy (non-hydrogen) atoms. The van der Waals surface area contributed by atoms with Crippen molar-refractivity contribution >= 4 is 29.2 Å². The van der Waals surface area contributed by atoms with Gasteiger partial charge in [-0.05, 0) is 56.2 Å². The molecule has 2 rings (SSSR count). The molecule has 0 saturated carbocycles. The summed E-state index contributed by atoms with van der Waals surface area (Å²) in [6, 6.07) is 13.7. The highest BCUT2D eigenvalue weighted by Gasteiger charge is 2.05. The second-order valence-corrected chi connectivity index (χ2v) is 6.49. The van der Waals surface area contributed by atoms with Gasteiger partial charge in [0.2, 0.25) is 0 Å². The number of hydrogen-bond acceptors (Lipinski definition) is 4. The molecule has 0 aromatic heterocycles. The van der Waals surface area contributed by atoms with Crippen molar-refractivity contribution < 1.29 is 9.47 Å². The van der Waals surface area contributed by atoms with Crippen LogP contribution in [0.25, 0.3) is 0 Å². The highest BCUT2D eigenvalue weighted by Crippen LogP contribution is 2.24. The maximum atomic E-state index is 5.82. The number of rotatable bonds is 9. The number of aryl methyl sites for hydroxylation is 1. The molecule has 0 saturated heterocycles. The molecule has 2 aromatic carbocycles. The Morgan fingerprint density at radius 2 is 1.74 bits per heavy atom. The Labute approximate surface area is 166 Å². The fourth-order valence-electron chi connectivity index (χ4n) is 2.22. The summed E-state index contributed by atoms with van der Waals surface area (Å²) >= 11 is 5.27. The quantitative estimate of drug-likeness (QED) is 0.365. The van der Waals surface area contributed by atoms with Gasteiger partial charge < -0.3 is 14.8 Å². The Bertz CT molecular complexity index is 761. The van der Waals surface area contributed by atoms with E-state index in [1.807, 2.05) is 49.4 Å². The molecular weight excluding hydrogens is 358 g/mol. The molecule has 5 nitrogen and oxygen atoms in total. The SMILES string of the molecule is CCCOc1ccc(C=NNC(=S)Nc2ccc(C)cc2)c(OCCC)c1. The standard InChI is InChI=1S/C21H27N3O2S/c1-4-12-25-19-11-8-17(20(14-19)26-13-5-2)15-22-24-21(27)23-18-9-6-16(3)7-10-18/h6-11,14-15H,4-5,12-13H2,1-3H3,(H2,23,24,27). The van der Waals surface area contributed by atoms with Crippen molar-refractivity contribution in [3.05, 3.63) is 53.6 Å². The molecule has 0 bridgehead atoms. The lowest BCUT2D eigenvalue weighted by Gasteiger charge is -2.11. The highest BCUT2D eigenvalue weighted by atomic mass is 32.1. The zero-order valence-electron chi connectivity index (χ0n) is 16.1. The van der Waals surface area contributed by atoms with Crippen LogP contribution in [0.2, 0.25) is 0 Å². The summed E-state index contributed by atoms with van der Waals surface area (Å²) in [6.45, 7) is 7.51. The van der Waals surface area contributed by atoms with E-state index in [0.717, 1.165) is 35.6 Å². The van der Waals surface area contributed by atoms with Gasteiger partial charge in [0.25, 0.3) is 0 Å². The van der Waals surface area contributed by atoms with Crippen LogP contribution in [0.3, 0.4) is 0 Å². The van der Waals surface area contributed by atoms with Gasteiger partial charge in [-0.25, -0.2) is 0 Å². The monoisotopic (exact) mass is 385 g/mol. The number of nitrogens with one attached hydrogen (secondary N) is 2. The Morgan fingerprint density at radius 1 is 1.04 bits per heavy atom. The number of thiocarbonyl (C=S) groups is 1. The molecule has 0 aliphatic heterocycles. The van der Waals surface area contributed by atoms with Gasteiger partial charge in [0.1, 0.15) is 11.5 Å².